The summed E-state index contributed by atoms with van der Waals surface area (Å²) >= 11 is 1.57. The fraction of sp³-hybridized carbons (Fsp3) is 0.733. The normalized spacial score (nSPS) is 25.2. The Bertz CT molecular complexity index is 659. The van der Waals surface area contributed by atoms with E-state index in [4.69, 9.17) is 0 Å². The molecule has 7 heteroatoms. The first-order chi connectivity index (χ1) is 10.0. The van der Waals surface area contributed by atoms with E-state index in [9.17, 15) is 13.2 Å². The SMILES string of the molecule is C[C@@H]1[C@H](C)S(=O)(=O)CCN1C(=O)Cc1csc(C(C)(C)C)n1. The molecule has 0 radical (unpaired) electrons. The number of sulfone groups is 1. The molecular formula is C15H24N2O3S2. The molecule has 124 valence electrons. The summed E-state index contributed by atoms with van der Waals surface area (Å²) < 4.78 is 23.8. The third kappa shape index (κ3) is 3.51. The topological polar surface area (TPSA) is 67.3 Å². The fourth-order valence-electron chi connectivity index (χ4n) is 2.51. The van der Waals surface area contributed by atoms with E-state index in [2.05, 4.69) is 25.8 Å². The average Bonchev–Trinajstić information content (AvgIpc) is 2.84. The largest absolute Gasteiger partial charge is 0.337 e. The molecule has 1 fully saturated rings. The molecule has 5 nitrogen and oxygen atoms in total. The zero-order valence-corrected chi connectivity index (χ0v) is 15.4. The average molecular weight is 345 g/mol. The summed E-state index contributed by atoms with van der Waals surface area (Å²) in [5.41, 5.74) is 0.751. The Balaban J connectivity index is 2.08. The maximum Gasteiger partial charge on any atom is 0.228 e. The van der Waals surface area contributed by atoms with Crippen LogP contribution in [0.4, 0.5) is 0 Å². The minimum absolute atomic E-state index is 0.0209. The molecule has 1 saturated heterocycles. The molecule has 1 amide bonds. The van der Waals surface area contributed by atoms with Crippen molar-refractivity contribution in [3.63, 3.8) is 0 Å². The van der Waals surface area contributed by atoms with Gasteiger partial charge in [0.15, 0.2) is 9.84 Å². The number of aromatic nitrogens is 1. The van der Waals surface area contributed by atoms with Crippen LogP contribution in [0.1, 0.15) is 45.3 Å². The highest BCUT2D eigenvalue weighted by Crippen LogP contribution is 2.26. The van der Waals surface area contributed by atoms with Crippen molar-refractivity contribution in [1.82, 2.24) is 9.88 Å². The van der Waals surface area contributed by atoms with Crippen LogP contribution in [0.3, 0.4) is 0 Å². The first-order valence-corrected chi connectivity index (χ1v) is 10.1. The highest BCUT2D eigenvalue weighted by molar-refractivity contribution is 7.92. The molecule has 2 atom stereocenters. The number of carbonyl (C=O) groups excluding carboxylic acids is 1. The summed E-state index contributed by atoms with van der Waals surface area (Å²) in [7, 11) is -3.07. The number of hydrogen-bond acceptors (Lipinski definition) is 5. The van der Waals surface area contributed by atoms with Gasteiger partial charge >= 0.3 is 0 Å². The highest BCUT2D eigenvalue weighted by atomic mass is 32.2. The Labute approximate surface area is 136 Å². The molecule has 1 aliphatic heterocycles. The molecule has 0 aromatic carbocycles. The standard InChI is InChI=1S/C15H24N2O3S2/c1-10-11(2)22(19,20)7-6-17(10)13(18)8-12-9-21-14(16-12)15(3,4)5/h9-11H,6-8H2,1-5H3/t10-,11+/m1/s1. The molecule has 1 aliphatic rings. The third-order valence-corrected chi connectivity index (χ3v) is 7.80. The molecule has 0 aliphatic carbocycles. The van der Waals surface area contributed by atoms with Gasteiger partial charge in [0.1, 0.15) is 0 Å². The second kappa shape index (κ2) is 5.92. The van der Waals surface area contributed by atoms with Gasteiger partial charge in [-0.15, -0.1) is 11.3 Å². The van der Waals surface area contributed by atoms with Crippen molar-refractivity contribution in [2.45, 2.75) is 57.7 Å². The van der Waals surface area contributed by atoms with E-state index in [-0.39, 0.29) is 36.1 Å². The van der Waals surface area contributed by atoms with Gasteiger partial charge in [0.2, 0.25) is 5.91 Å². The monoisotopic (exact) mass is 344 g/mol. The Kier molecular flexibility index (Phi) is 4.69. The summed E-state index contributed by atoms with van der Waals surface area (Å²) in [6.07, 6.45) is 0.240. The first kappa shape index (κ1) is 17.4. The van der Waals surface area contributed by atoms with Crippen molar-refractivity contribution >= 4 is 27.1 Å². The van der Waals surface area contributed by atoms with Gasteiger partial charge in [-0.2, -0.15) is 0 Å². The van der Waals surface area contributed by atoms with Gasteiger partial charge in [0.25, 0.3) is 0 Å². The van der Waals surface area contributed by atoms with Crippen molar-refractivity contribution in [2.75, 3.05) is 12.3 Å². The van der Waals surface area contributed by atoms with Crippen LogP contribution < -0.4 is 0 Å². The van der Waals surface area contributed by atoms with Crippen molar-refractivity contribution in [1.29, 1.82) is 0 Å². The van der Waals surface area contributed by atoms with Crippen LogP contribution in [-0.2, 0) is 26.5 Å². The second-order valence-corrected chi connectivity index (χ2v) is 10.3. The molecule has 0 bridgehead atoms. The van der Waals surface area contributed by atoms with Crippen molar-refractivity contribution in [3.05, 3.63) is 16.1 Å². The van der Waals surface area contributed by atoms with Crippen LogP contribution in [0.15, 0.2) is 5.38 Å². The number of rotatable bonds is 2. The summed E-state index contributed by atoms with van der Waals surface area (Å²) in [5, 5.41) is 2.43. The van der Waals surface area contributed by atoms with Gasteiger partial charge in [-0.1, -0.05) is 20.8 Å². The van der Waals surface area contributed by atoms with E-state index in [1.165, 1.54) is 0 Å². The summed E-state index contributed by atoms with van der Waals surface area (Å²) in [6, 6.07) is -0.285. The van der Waals surface area contributed by atoms with E-state index >= 15 is 0 Å². The fourth-order valence-corrected chi connectivity index (χ4v) is 4.99. The van der Waals surface area contributed by atoms with Crippen molar-refractivity contribution in [3.8, 4) is 0 Å². The Hall–Kier alpha value is -0.950. The lowest BCUT2D eigenvalue weighted by Crippen LogP contribution is -2.54. The molecule has 0 N–H and O–H groups in total. The maximum absolute atomic E-state index is 12.5. The third-order valence-electron chi connectivity index (χ3n) is 4.20. The zero-order valence-electron chi connectivity index (χ0n) is 13.8. The molecule has 22 heavy (non-hydrogen) atoms. The molecule has 0 saturated carbocycles. The predicted octanol–water partition coefficient (Wildman–Crippen LogP) is 2.02. The minimum atomic E-state index is -3.07. The quantitative estimate of drug-likeness (QED) is 0.823. The van der Waals surface area contributed by atoms with Crippen LogP contribution in [0.25, 0.3) is 0 Å². The molecule has 2 heterocycles. The molecule has 0 unspecified atom stereocenters. The van der Waals surface area contributed by atoms with Gasteiger partial charge in [-0.3, -0.25) is 4.79 Å². The first-order valence-electron chi connectivity index (χ1n) is 7.48. The van der Waals surface area contributed by atoms with Crippen LogP contribution in [0, 0.1) is 0 Å². The number of hydrogen-bond donors (Lipinski definition) is 0. The van der Waals surface area contributed by atoms with E-state index in [1.54, 1.807) is 30.1 Å². The molecule has 1 aromatic heterocycles. The number of nitrogens with zero attached hydrogens (tertiary/aromatic N) is 2. The Morgan fingerprint density at radius 3 is 2.59 bits per heavy atom. The van der Waals surface area contributed by atoms with Gasteiger partial charge in [0, 0.05) is 23.4 Å². The highest BCUT2D eigenvalue weighted by Gasteiger charge is 2.38. The Morgan fingerprint density at radius 1 is 1.41 bits per heavy atom. The summed E-state index contributed by atoms with van der Waals surface area (Å²) in [6.45, 7) is 10.0. The van der Waals surface area contributed by atoms with Gasteiger partial charge < -0.3 is 4.90 Å². The van der Waals surface area contributed by atoms with Crippen LogP contribution in [0.5, 0.6) is 0 Å². The van der Waals surface area contributed by atoms with Crippen LogP contribution >= 0.6 is 11.3 Å². The lowest BCUT2D eigenvalue weighted by atomic mass is 9.98. The number of carbonyl (C=O) groups is 1. The van der Waals surface area contributed by atoms with E-state index in [0.717, 1.165) is 10.7 Å². The van der Waals surface area contributed by atoms with Gasteiger partial charge in [-0.05, 0) is 13.8 Å². The Morgan fingerprint density at radius 2 is 2.05 bits per heavy atom. The molecule has 2 rings (SSSR count). The van der Waals surface area contributed by atoms with E-state index < -0.39 is 15.1 Å². The van der Waals surface area contributed by atoms with Crippen LogP contribution in [0.2, 0.25) is 0 Å². The smallest absolute Gasteiger partial charge is 0.228 e. The van der Waals surface area contributed by atoms with Crippen LogP contribution in [-0.4, -0.2) is 47.8 Å². The van der Waals surface area contributed by atoms with Crippen molar-refractivity contribution in [2.24, 2.45) is 0 Å². The van der Waals surface area contributed by atoms with Crippen molar-refractivity contribution < 1.29 is 13.2 Å². The number of thiazole rings is 1. The number of amides is 1. The van der Waals surface area contributed by atoms with E-state index in [1.807, 2.05) is 5.38 Å². The predicted molar refractivity (Wildman–Crippen MR) is 88.9 cm³/mol. The second-order valence-electron chi connectivity index (χ2n) is 6.97. The van der Waals surface area contributed by atoms with Gasteiger partial charge in [0.05, 0.1) is 28.1 Å². The molecule has 1 aromatic rings. The summed E-state index contributed by atoms with van der Waals surface area (Å²) in [4.78, 5) is 18.7. The molecular weight excluding hydrogens is 320 g/mol. The minimum Gasteiger partial charge on any atom is -0.337 e. The van der Waals surface area contributed by atoms with Gasteiger partial charge in [-0.25, -0.2) is 13.4 Å². The zero-order chi connectivity index (χ0) is 16.7. The lowest BCUT2D eigenvalue weighted by molar-refractivity contribution is -0.132. The molecule has 0 spiro atoms. The lowest BCUT2D eigenvalue weighted by Gasteiger charge is -2.37. The summed E-state index contributed by atoms with van der Waals surface area (Å²) in [5.74, 6) is 0.00849. The van der Waals surface area contributed by atoms with E-state index in [0.29, 0.717) is 0 Å². The maximum atomic E-state index is 12.5.